The maximum absolute atomic E-state index is 13.2. The lowest BCUT2D eigenvalue weighted by molar-refractivity contribution is 0.103. The van der Waals surface area contributed by atoms with Gasteiger partial charge in [0.1, 0.15) is 5.82 Å². The van der Waals surface area contributed by atoms with E-state index in [1.54, 1.807) is 19.1 Å². The Morgan fingerprint density at radius 2 is 1.56 bits per heavy atom. The summed E-state index contributed by atoms with van der Waals surface area (Å²) in [5.74, 6) is -0.382. The lowest BCUT2D eigenvalue weighted by Crippen LogP contribution is -2.02. The molecule has 0 spiro atoms. The summed E-state index contributed by atoms with van der Waals surface area (Å²) >= 11 is 3.39. The molecule has 3 heteroatoms. The molecular formula is C15H12BrFO. The summed E-state index contributed by atoms with van der Waals surface area (Å²) < 4.78 is 14.1. The van der Waals surface area contributed by atoms with Crippen molar-refractivity contribution >= 4 is 21.7 Å². The highest BCUT2D eigenvalue weighted by Crippen LogP contribution is 2.20. The molecule has 0 radical (unpaired) electrons. The van der Waals surface area contributed by atoms with E-state index in [2.05, 4.69) is 15.9 Å². The van der Waals surface area contributed by atoms with Crippen molar-refractivity contribution in [3.05, 3.63) is 68.9 Å². The molecule has 0 unspecified atom stereocenters. The summed E-state index contributed by atoms with van der Waals surface area (Å²) in [5.41, 5.74) is 2.60. The Balaban J connectivity index is 2.41. The van der Waals surface area contributed by atoms with Crippen LogP contribution in [0.25, 0.3) is 0 Å². The van der Waals surface area contributed by atoms with Gasteiger partial charge in [-0.15, -0.1) is 0 Å². The molecule has 0 saturated heterocycles. The molecule has 0 saturated carbocycles. The topological polar surface area (TPSA) is 17.1 Å². The molecule has 0 atom stereocenters. The van der Waals surface area contributed by atoms with Gasteiger partial charge in [0.2, 0.25) is 0 Å². The van der Waals surface area contributed by atoms with Gasteiger partial charge in [0.25, 0.3) is 0 Å². The van der Waals surface area contributed by atoms with Gasteiger partial charge in [-0.25, -0.2) is 4.39 Å². The number of carbonyl (C=O) groups is 1. The second-order valence-electron chi connectivity index (χ2n) is 4.26. The molecule has 2 aromatic rings. The Labute approximate surface area is 114 Å². The van der Waals surface area contributed by atoms with Crippen LogP contribution in [-0.4, -0.2) is 5.78 Å². The number of hydrogen-bond acceptors (Lipinski definition) is 1. The summed E-state index contributed by atoms with van der Waals surface area (Å²) in [5, 5.41) is 0. The van der Waals surface area contributed by atoms with Crippen molar-refractivity contribution in [1.29, 1.82) is 0 Å². The molecule has 2 rings (SSSR count). The first-order valence-corrected chi connectivity index (χ1v) is 6.35. The fourth-order valence-electron chi connectivity index (χ4n) is 1.74. The third-order valence-electron chi connectivity index (χ3n) is 2.84. The molecule has 0 fully saturated rings. The SMILES string of the molecule is Cc1cc(C(=O)c2ccc(Br)c(C)c2)ccc1F. The van der Waals surface area contributed by atoms with E-state index in [1.165, 1.54) is 12.1 Å². The molecule has 0 heterocycles. The average molecular weight is 307 g/mol. The van der Waals surface area contributed by atoms with Gasteiger partial charge in [-0.3, -0.25) is 4.79 Å². The molecule has 0 N–H and O–H groups in total. The van der Waals surface area contributed by atoms with Crippen LogP contribution in [0.3, 0.4) is 0 Å². The van der Waals surface area contributed by atoms with E-state index >= 15 is 0 Å². The van der Waals surface area contributed by atoms with Crippen molar-refractivity contribution in [2.24, 2.45) is 0 Å². The second-order valence-corrected chi connectivity index (χ2v) is 5.11. The number of rotatable bonds is 2. The minimum Gasteiger partial charge on any atom is -0.289 e. The van der Waals surface area contributed by atoms with Crippen molar-refractivity contribution in [3.63, 3.8) is 0 Å². The molecule has 0 amide bonds. The van der Waals surface area contributed by atoms with E-state index in [-0.39, 0.29) is 11.6 Å². The van der Waals surface area contributed by atoms with Crippen LogP contribution in [-0.2, 0) is 0 Å². The molecule has 18 heavy (non-hydrogen) atoms. The zero-order valence-electron chi connectivity index (χ0n) is 10.1. The summed E-state index contributed by atoms with van der Waals surface area (Å²) in [6.45, 7) is 3.58. The lowest BCUT2D eigenvalue weighted by Gasteiger charge is -2.05. The van der Waals surface area contributed by atoms with Crippen molar-refractivity contribution in [3.8, 4) is 0 Å². The van der Waals surface area contributed by atoms with Gasteiger partial charge in [0, 0.05) is 15.6 Å². The smallest absolute Gasteiger partial charge is 0.193 e. The van der Waals surface area contributed by atoms with Crippen LogP contribution in [0.5, 0.6) is 0 Å². The van der Waals surface area contributed by atoms with E-state index in [9.17, 15) is 9.18 Å². The molecule has 0 bridgehead atoms. The number of ketones is 1. The third kappa shape index (κ3) is 2.51. The minimum absolute atomic E-state index is 0.0892. The zero-order chi connectivity index (χ0) is 13.3. The predicted molar refractivity (Wildman–Crippen MR) is 73.4 cm³/mol. The van der Waals surface area contributed by atoms with Crippen molar-refractivity contribution in [2.45, 2.75) is 13.8 Å². The molecule has 0 aliphatic heterocycles. The third-order valence-corrected chi connectivity index (χ3v) is 3.73. The Morgan fingerprint density at radius 3 is 2.11 bits per heavy atom. The highest BCUT2D eigenvalue weighted by Gasteiger charge is 2.11. The van der Waals surface area contributed by atoms with Crippen molar-refractivity contribution in [1.82, 2.24) is 0 Å². The standard InChI is InChI=1S/C15H12BrFO/c1-9-7-11(3-5-13(9)16)15(18)12-4-6-14(17)10(2)8-12/h3-8H,1-2H3. The monoisotopic (exact) mass is 306 g/mol. The fraction of sp³-hybridized carbons (Fsp3) is 0.133. The Hall–Kier alpha value is -1.48. The van der Waals surface area contributed by atoms with Crippen LogP contribution in [0.2, 0.25) is 0 Å². The fourth-order valence-corrected chi connectivity index (χ4v) is 1.99. The van der Waals surface area contributed by atoms with Crippen molar-refractivity contribution in [2.75, 3.05) is 0 Å². The molecule has 92 valence electrons. The number of carbonyl (C=O) groups excluding carboxylic acids is 1. The summed E-state index contributed by atoms with van der Waals surface area (Å²) in [6.07, 6.45) is 0. The average Bonchev–Trinajstić information content (AvgIpc) is 2.35. The van der Waals surface area contributed by atoms with Gasteiger partial charge in [0.15, 0.2) is 5.78 Å². The highest BCUT2D eigenvalue weighted by molar-refractivity contribution is 9.10. The number of benzene rings is 2. The van der Waals surface area contributed by atoms with E-state index in [1.807, 2.05) is 19.1 Å². The second kappa shape index (κ2) is 5.02. The first kappa shape index (κ1) is 13.0. The molecular weight excluding hydrogens is 295 g/mol. The van der Waals surface area contributed by atoms with Gasteiger partial charge in [-0.2, -0.15) is 0 Å². The number of hydrogen-bond donors (Lipinski definition) is 0. The molecule has 0 aliphatic rings. The van der Waals surface area contributed by atoms with Crippen LogP contribution in [0, 0.1) is 19.7 Å². The normalized spacial score (nSPS) is 10.4. The number of halogens is 2. The summed E-state index contributed by atoms with van der Waals surface area (Å²) in [7, 11) is 0. The Morgan fingerprint density at radius 1 is 1.00 bits per heavy atom. The number of aryl methyl sites for hydroxylation is 2. The Kier molecular flexibility index (Phi) is 3.62. The lowest BCUT2D eigenvalue weighted by atomic mass is 10.0. The van der Waals surface area contributed by atoms with E-state index in [4.69, 9.17) is 0 Å². The van der Waals surface area contributed by atoms with Crippen molar-refractivity contribution < 1.29 is 9.18 Å². The highest BCUT2D eigenvalue weighted by atomic mass is 79.9. The van der Waals surface area contributed by atoms with Crippen LogP contribution in [0.1, 0.15) is 27.0 Å². The van der Waals surface area contributed by atoms with Crippen LogP contribution < -0.4 is 0 Å². The van der Waals surface area contributed by atoms with Crippen LogP contribution >= 0.6 is 15.9 Å². The van der Waals surface area contributed by atoms with Gasteiger partial charge in [0.05, 0.1) is 0 Å². The zero-order valence-corrected chi connectivity index (χ0v) is 11.7. The van der Waals surface area contributed by atoms with Gasteiger partial charge in [-0.05, 0) is 61.4 Å². The molecule has 0 aromatic heterocycles. The minimum atomic E-state index is -0.293. The van der Waals surface area contributed by atoms with E-state index < -0.39 is 0 Å². The summed E-state index contributed by atoms with van der Waals surface area (Å²) in [6, 6.07) is 9.85. The molecule has 0 aliphatic carbocycles. The van der Waals surface area contributed by atoms with Crippen LogP contribution in [0.4, 0.5) is 4.39 Å². The summed E-state index contributed by atoms with van der Waals surface area (Å²) in [4.78, 5) is 12.2. The van der Waals surface area contributed by atoms with Crippen LogP contribution in [0.15, 0.2) is 40.9 Å². The van der Waals surface area contributed by atoms with Gasteiger partial charge in [-0.1, -0.05) is 15.9 Å². The Bertz CT molecular complexity index is 566. The van der Waals surface area contributed by atoms with E-state index in [0.29, 0.717) is 16.7 Å². The molecule has 2 aromatic carbocycles. The van der Waals surface area contributed by atoms with E-state index in [0.717, 1.165) is 10.0 Å². The maximum atomic E-state index is 13.2. The first-order valence-electron chi connectivity index (χ1n) is 5.56. The first-order chi connectivity index (χ1) is 8.49. The van der Waals surface area contributed by atoms with Gasteiger partial charge >= 0.3 is 0 Å². The van der Waals surface area contributed by atoms with Gasteiger partial charge < -0.3 is 0 Å². The quantitative estimate of drug-likeness (QED) is 0.750. The maximum Gasteiger partial charge on any atom is 0.193 e. The predicted octanol–water partition coefficient (Wildman–Crippen LogP) is 4.44. The largest absolute Gasteiger partial charge is 0.289 e. The molecule has 1 nitrogen and oxygen atoms in total.